The van der Waals surface area contributed by atoms with Gasteiger partial charge in [0.05, 0.1) is 10.9 Å². The third-order valence-electron chi connectivity index (χ3n) is 3.33. The van der Waals surface area contributed by atoms with Gasteiger partial charge < -0.3 is 0 Å². The van der Waals surface area contributed by atoms with E-state index >= 15 is 0 Å². The number of halogens is 1. The number of rotatable bonds is 2. The lowest BCUT2D eigenvalue weighted by molar-refractivity contribution is 0.366. The molecule has 0 aliphatic carbocycles. The molecule has 114 valence electrons. The second kappa shape index (κ2) is 5.56. The van der Waals surface area contributed by atoms with Gasteiger partial charge in [0.25, 0.3) is 0 Å². The van der Waals surface area contributed by atoms with Crippen LogP contribution in [0.25, 0.3) is 22.3 Å². The quantitative estimate of drug-likeness (QED) is 0.390. The van der Waals surface area contributed by atoms with Gasteiger partial charge in [-0.15, -0.1) is 0 Å². The van der Waals surface area contributed by atoms with Crippen LogP contribution in [-0.2, 0) is 5.54 Å². The van der Waals surface area contributed by atoms with E-state index in [4.69, 9.17) is 16.7 Å². The van der Waals surface area contributed by atoms with Gasteiger partial charge >= 0.3 is 0 Å². The fraction of sp³-hybridized carbons (Fsp3) is 0.312. The molecule has 0 aliphatic heterocycles. The van der Waals surface area contributed by atoms with E-state index in [1.54, 1.807) is 0 Å². The van der Waals surface area contributed by atoms with Crippen molar-refractivity contribution in [1.82, 2.24) is 19.7 Å². The molecule has 0 atom stereocenters. The summed E-state index contributed by atoms with van der Waals surface area (Å²) < 4.78 is 1.93. The molecule has 0 N–H and O–H groups in total. The van der Waals surface area contributed by atoms with Crippen LogP contribution in [0.4, 0.5) is 0 Å². The van der Waals surface area contributed by atoms with Crippen LogP contribution in [0, 0.1) is 0 Å². The predicted octanol–water partition coefficient (Wildman–Crippen LogP) is 4.62. The summed E-state index contributed by atoms with van der Waals surface area (Å²) in [4.78, 5) is 9.00. The van der Waals surface area contributed by atoms with Crippen LogP contribution in [0.2, 0.25) is 5.15 Å². The van der Waals surface area contributed by atoms with Crippen molar-refractivity contribution in [3.8, 4) is 11.3 Å². The van der Waals surface area contributed by atoms with Crippen LogP contribution in [0.1, 0.15) is 20.8 Å². The number of fused-ring (bicyclic) bond motifs is 1. The number of thioether (sulfide) groups is 1. The lowest BCUT2D eigenvalue weighted by Gasteiger charge is -2.19. The minimum Gasteiger partial charge on any atom is -0.241 e. The lowest BCUT2D eigenvalue weighted by atomic mass is 10.1. The molecule has 2 aromatic heterocycles. The van der Waals surface area contributed by atoms with Crippen LogP contribution in [0.3, 0.4) is 0 Å². The van der Waals surface area contributed by atoms with Crippen molar-refractivity contribution in [2.75, 3.05) is 6.26 Å². The fourth-order valence-corrected chi connectivity index (χ4v) is 2.98. The Morgan fingerprint density at radius 2 is 1.77 bits per heavy atom. The Kier molecular flexibility index (Phi) is 3.87. The normalized spacial score (nSPS) is 12.0. The first-order valence-corrected chi connectivity index (χ1v) is 8.58. The molecule has 4 nitrogen and oxygen atoms in total. The number of aromatic nitrogens is 4. The Labute approximate surface area is 138 Å². The Hall–Kier alpha value is -1.59. The highest BCUT2D eigenvalue weighted by atomic mass is 35.5. The largest absolute Gasteiger partial charge is 0.241 e. The molecule has 2 heterocycles. The van der Waals surface area contributed by atoms with E-state index in [1.165, 1.54) is 11.8 Å². The van der Waals surface area contributed by atoms with Crippen molar-refractivity contribution in [1.29, 1.82) is 0 Å². The molecular weight excluding hydrogens is 316 g/mol. The van der Waals surface area contributed by atoms with E-state index in [0.29, 0.717) is 10.3 Å². The van der Waals surface area contributed by atoms with Crippen molar-refractivity contribution in [3.05, 3.63) is 35.5 Å². The molecule has 0 saturated heterocycles. The monoisotopic (exact) mass is 332 g/mol. The first kappa shape index (κ1) is 15.3. The summed E-state index contributed by atoms with van der Waals surface area (Å²) in [6.45, 7) is 6.30. The molecule has 0 spiro atoms. The van der Waals surface area contributed by atoms with Gasteiger partial charge in [-0.1, -0.05) is 53.7 Å². The summed E-state index contributed by atoms with van der Waals surface area (Å²) in [5, 5.41) is 6.70. The zero-order valence-corrected chi connectivity index (χ0v) is 14.5. The minimum atomic E-state index is -0.196. The first-order valence-electron chi connectivity index (χ1n) is 6.98. The third kappa shape index (κ3) is 2.59. The summed E-state index contributed by atoms with van der Waals surface area (Å²) in [5.41, 5.74) is 2.41. The molecule has 22 heavy (non-hydrogen) atoms. The highest BCUT2D eigenvalue weighted by Gasteiger charge is 2.24. The van der Waals surface area contributed by atoms with Crippen LogP contribution < -0.4 is 0 Å². The van der Waals surface area contributed by atoms with Crippen LogP contribution >= 0.6 is 23.4 Å². The summed E-state index contributed by atoms with van der Waals surface area (Å²) in [6.07, 6.45) is 1.94. The smallest absolute Gasteiger partial charge is 0.190 e. The summed E-state index contributed by atoms with van der Waals surface area (Å²) in [5.74, 6) is 0. The highest BCUT2D eigenvalue weighted by molar-refractivity contribution is 7.98. The van der Waals surface area contributed by atoms with Crippen molar-refractivity contribution >= 4 is 34.4 Å². The lowest BCUT2D eigenvalue weighted by Crippen LogP contribution is -2.23. The van der Waals surface area contributed by atoms with Crippen LogP contribution in [-0.4, -0.2) is 26.0 Å². The predicted molar refractivity (Wildman–Crippen MR) is 92.5 cm³/mol. The molecule has 3 rings (SSSR count). The second-order valence-electron chi connectivity index (χ2n) is 6.00. The highest BCUT2D eigenvalue weighted by Crippen LogP contribution is 2.34. The van der Waals surface area contributed by atoms with Gasteiger partial charge in [-0.25, -0.2) is 14.6 Å². The zero-order valence-electron chi connectivity index (χ0n) is 13.0. The van der Waals surface area contributed by atoms with Crippen LogP contribution in [0.5, 0.6) is 0 Å². The Balaban J connectivity index is 2.40. The van der Waals surface area contributed by atoms with Crippen molar-refractivity contribution in [2.24, 2.45) is 0 Å². The summed E-state index contributed by atoms with van der Waals surface area (Å²) >= 11 is 7.92. The van der Waals surface area contributed by atoms with E-state index in [2.05, 4.69) is 30.7 Å². The molecule has 1 aromatic carbocycles. The topological polar surface area (TPSA) is 43.6 Å². The molecule has 0 unspecified atom stereocenters. The fourth-order valence-electron chi connectivity index (χ4n) is 2.31. The maximum atomic E-state index is 6.44. The Morgan fingerprint density at radius 1 is 1.09 bits per heavy atom. The molecular formula is C16H17ClN4S. The van der Waals surface area contributed by atoms with Gasteiger partial charge in [-0.3, -0.25) is 0 Å². The summed E-state index contributed by atoms with van der Waals surface area (Å²) in [7, 11) is 0. The van der Waals surface area contributed by atoms with E-state index in [0.717, 1.165) is 22.3 Å². The van der Waals surface area contributed by atoms with Crippen molar-refractivity contribution < 1.29 is 0 Å². The average Bonchev–Trinajstić information content (AvgIpc) is 2.88. The molecule has 0 bridgehead atoms. The number of hydrogen-bond acceptors (Lipinski definition) is 4. The molecule has 0 fully saturated rings. The zero-order chi connectivity index (χ0) is 15.9. The van der Waals surface area contributed by atoms with Gasteiger partial charge in [-0.05, 0) is 27.0 Å². The first-order chi connectivity index (χ1) is 10.4. The minimum absolute atomic E-state index is 0.196. The maximum Gasteiger partial charge on any atom is 0.190 e. The van der Waals surface area contributed by atoms with E-state index in [-0.39, 0.29) is 5.54 Å². The molecule has 0 saturated carbocycles. The van der Waals surface area contributed by atoms with Gasteiger partial charge in [-0.2, -0.15) is 5.10 Å². The van der Waals surface area contributed by atoms with Gasteiger partial charge in [0.1, 0.15) is 10.8 Å². The third-order valence-corrected chi connectivity index (χ3v) is 4.15. The molecule has 6 heteroatoms. The molecule has 3 aromatic rings. The molecule has 0 aliphatic rings. The molecule has 0 radical (unpaired) electrons. The number of benzene rings is 1. The maximum absolute atomic E-state index is 6.44. The Bertz CT molecular complexity index is 822. The van der Waals surface area contributed by atoms with E-state index in [1.807, 2.05) is 41.3 Å². The number of nitrogens with zero attached hydrogens (tertiary/aromatic N) is 4. The van der Waals surface area contributed by atoms with Gasteiger partial charge in [0.2, 0.25) is 0 Å². The molecule has 0 amide bonds. The average molecular weight is 333 g/mol. The van der Waals surface area contributed by atoms with E-state index < -0.39 is 0 Å². The standard InChI is InChI=1S/C16H17ClN4S/c1-16(2,3)21-14-11(13(17)18-15(19-14)22-4)12(20-21)10-8-6-5-7-9-10/h5-9H,1-4H3. The SMILES string of the molecule is CSc1nc(Cl)c2c(-c3ccccc3)nn(C(C)(C)C)c2n1. The van der Waals surface area contributed by atoms with E-state index in [9.17, 15) is 0 Å². The second-order valence-corrected chi connectivity index (χ2v) is 7.13. The van der Waals surface area contributed by atoms with Crippen molar-refractivity contribution in [3.63, 3.8) is 0 Å². The number of hydrogen-bond donors (Lipinski definition) is 0. The van der Waals surface area contributed by atoms with Gasteiger partial charge in [0, 0.05) is 5.56 Å². The Morgan fingerprint density at radius 3 is 2.36 bits per heavy atom. The summed E-state index contributed by atoms with van der Waals surface area (Å²) in [6, 6.07) is 10.0. The van der Waals surface area contributed by atoms with Crippen LogP contribution in [0.15, 0.2) is 35.5 Å². The van der Waals surface area contributed by atoms with Gasteiger partial charge in [0.15, 0.2) is 10.8 Å². The van der Waals surface area contributed by atoms with Crippen molar-refractivity contribution in [2.45, 2.75) is 31.5 Å².